The molecule has 1 fully saturated rings. The van der Waals surface area contributed by atoms with Crippen molar-refractivity contribution < 1.29 is 0 Å². The van der Waals surface area contributed by atoms with Crippen LogP contribution < -0.4 is 5.73 Å². The van der Waals surface area contributed by atoms with Gasteiger partial charge in [-0.3, -0.25) is 9.80 Å². The fourth-order valence-corrected chi connectivity index (χ4v) is 2.41. The number of likely N-dealkylation sites (N-methyl/N-ethyl adjacent to an activating group) is 1. The molecular formula is C14H31N3. The summed E-state index contributed by atoms with van der Waals surface area (Å²) in [5.41, 5.74) is 6.30. The largest absolute Gasteiger partial charge is 0.325 e. The van der Waals surface area contributed by atoms with Crippen molar-refractivity contribution >= 4 is 0 Å². The lowest BCUT2D eigenvalue weighted by molar-refractivity contribution is 0.0229. The summed E-state index contributed by atoms with van der Waals surface area (Å²) >= 11 is 0. The molecule has 2 unspecified atom stereocenters. The molecule has 3 nitrogen and oxygen atoms in total. The third-order valence-corrected chi connectivity index (χ3v) is 4.80. The van der Waals surface area contributed by atoms with Gasteiger partial charge in [-0.05, 0) is 40.2 Å². The van der Waals surface area contributed by atoms with Crippen LogP contribution in [0.4, 0.5) is 0 Å². The summed E-state index contributed by atoms with van der Waals surface area (Å²) in [5.74, 6) is 0. The summed E-state index contributed by atoms with van der Waals surface area (Å²) in [6.45, 7) is 16.8. The molecule has 17 heavy (non-hydrogen) atoms. The summed E-state index contributed by atoms with van der Waals surface area (Å²) in [6.07, 6.45) is 0. The van der Waals surface area contributed by atoms with Crippen molar-refractivity contribution in [2.24, 2.45) is 11.1 Å². The van der Waals surface area contributed by atoms with Crippen LogP contribution in [-0.4, -0.2) is 54.1 Å². The highest BCUT2D eigenvalue weighted by atomic mass is 15.3. The van der Waals surface area contributed by atoms with Gasteiger partial charge >= 0.3 is 0 Å². The molecule has 1 saturated heterocycles. The molecular weight excluding hydrogens is 210 g/mol. The van der Waals surface area contributed by atoms with Gasteiger partial charge in [-0.2, -0.15) is 0 Å². The Labute approximate surface area is 107 Å². The van der Waals surface area contributed by atoms with Crippen LogP contribution >= 0.6 is 0 Å². The van der Waals surface area contributed by atoms with Gasteiger partial charge in [0.25, 0.3) is 0 Å². The number of nitrogens with two attached hydrogens (primary N) is 1. The topological polar surface area (TPSA) is 32.5 Å². The predicted molar refractivity (Wildman–Crippen MR) is 75.2 cm³/mol. The predicted octanol–water partition coefficient (Wildman–Crippen LogP) is 1.77. The molecule has 0 saturated carbocycles. The SMILES string of the molecule is CC1CN(CC(C)(C)C(C)(C)N)CC(C)N1C. The first kappa shape index (κ1) is 14.9. The molecule has 0 aliphatic carbocycles. The highest BCUT2D eigenvalue weighted by molar-refractivity contribution is 4.94. The first-order valence-corrected chi connectivity index (χ1v) is 6.78. The maximum Gasteiger partial charge on any atom is 0.0195 e. The zero-order valence-corrected chi connectivity index (χ0v) is 12.7. The Hall–Kier alpha value is -0.120. The number of piperazine rings is 1. The zero-order chi connectivity index (χ0) is 13.4. The Morgan fingerprint density at radius 1 is 1.06 bits per heavy atom. The van der Waals surface area contributed by atoms with E-state index in [2.05, 4.69) is 58.4 Å². The van der Waals surface area contributed by atoms with Crippen LogP contribution in [0, 0.1) is 5.41 Å². The van der Waals surface area contributed by atoms with Crippen LogP contribution in [0.15, 0.2) is 0 Å². The summed E-state index contributed by atoms with van der Waals surface area (Å²) in [6, 6.07) is 1.27. The summed E-state index contributed by atoms with van der Waals surface area (Å²) in [4.78, 5) is 5.04. The van der Waals surface area contributed by atoms with E-state index >= 15 is 0 Å². The molecule has 2 atom stereocenters. The van der Waals surface area contributed by atoms with Gasteiger partial charge in [0.2, 0.25) is 0 Å². The molecule has 0 aromatic carbocycles. The van der Waals surface area contributed by atoms with Crippen molar-refractivity contribution in [2.45, 2.75) is 59.2 Å². The standard InChI is InChI=1S/C14H31N3/c1-11-8-17(9-12(2)16(11)7)10-13(3,4)14(5,6)15/h11-12H,8-10,15H2,1-7H3. The Morgan fingerprint density at radius 2 is 1.47 bits per heavy atom. The van der Waals surface area contributed by atoms with E-state index < -0.39 is 0 Å². The molecule has 0 aromatic heterocycles. The quantitative estimate of drug-likeness (QED) is 0.817. The van der Waals surface area contributed by atoms with E-state index in [0.717, 1.165) is 19.6 Å². The van der Waals surface area contributed by atoms with E-state index in [9.17, 15) is 0 Å². The fourth-order valence-electron chi connectivity index (χ4n) is 2.41. The van der Waals surface area contributed by atoms with Gasteiger partial charge in [0.1, 0.15) is 0 Å². The maximum atomic E-state index is 6.29. The van der Waals surface area contributed by atoms with Crippen molar-refractivity contribution in [1.82, 2.24) is 9.80 Å². The number of hydrogen-bond donors (Lipinski definition) is 1. The molecule has 102 valence electrons. The molecule has 0 bridgehead atoms. The molecule has 1 aliphatic heterocycles. The summed E-state index contributed by atoms with van der Waals surface area (Å²) in [7, 11) is 2.23. The van der Waals surface area contributed by atoms with Gasteiger partial charge in [-0.1, -0.05) is 13.8 Å². The van der Waals surface area contributed by atoms with Gasteiger partial charge in [0.15, 0.2) is 0 Å². The smallest absolute Gasteiger partial charge is 0.0195 e. The van der Waals surface area contributed by atoms with Crippen molar-refractivity contribution in [2.75, 3.05) is 26.7 Å². The Morgan fingerprint density at radius 3 is 1.82 bits per heavy atom. The van der Waals surface area contributed by atoms with E-state index in [-0.39, 0.29) is 11.0 Å². The minimum absolute atomic E-state index is 0.136. The molecule has 0 amide bonds. The van der Waals surface area contributed by atoms with Gasteiger partial charge in [0.05, 0.1) is 0 Å². The van der Waals surface area contributed by atoms with Crippen molar-refractivity contribution in [3.05, 3.63) is 0 Å². The molecule has 0 spiro atoms. The highest BCUT2D eigenvalue weighted by Gasteiger charge is 2.37. The first-order valence-electron chi connectivity index (χ1n) is 6.78. The second-order valence-electron chi connectivity index (χ2n) is 7.16. The Bertz CT molecular complexity index is 243. The number of nitrogens with zero attached hydrogens (tertiary/aromatic N) is 2. The van der Waals surface area contributed by atoms with Crippen LogP contribution in [0.25, 0.3) is 0 Å². The van der Waals surface area contributed by atoms with E-state index in [4.69, 9.17) is 5.73 Å². The van der Waals surface area contributed by atoms with Crippen LogP contribution in [0.2, 0.25) is 0 Å². The molecule has 0 aromatic rings. The van der Waals surface area contributed by atoms with Crippen LogP contribution in [0.5, 0.6) is 0 Å². The molecule has 1 aliphatic rings. The first-order chi connectivity index (χ1) is 7.54. The highest BCUT2D eigenvalue weighted by Crippen LogP contribution is 2.30. The lowest BCUT2D eigenvalue weighted by Crippen LogP contribution is -2.59. The lowest BCUT2D eigenvalue weighted by atomic mass is 9.74. The lowest BCUT2D eigenvalue weighted by Gasteiger charge is -2.48. The van der Waals surface area contributed by atoms with E-state index in [1.54, 1.807) is 0 Å². The molecule has 1 rings (SSSR count). The molecule has 3 heteroatoms. The van der Waals surface area contributed by atoms with E-state index in [0.29, 0.717) is 12.1 Å². The summed E-state index contributed by atoms with van der Waals surface area (Å²) in [5, 5.41) is 0. The minimum Gasteiger partial charge on any atom is -0.325 e. The van der Waals surface area contributed by atoms with Crippen LogP contribution in [0.3, 0.4) is 0 Å². The maximum absolute atomic E-state index is 6.29. The Balaban J connectivity index is 2.65. The third-order valence-electron chi connectivity index (χ3n) is 4.80. The van der Waals surface area contributed by atoms with E-state index in [1.165, 1.54) is 0 Å². The fraction of sp³-hybridized carbons (Fsp3) is 1.00. The van der Waals surface area contributed by atoms with Crippen LogP contribution in [-0.2, 0) is 0 Å². The Kier molecular flexibility index (Phi) is 4.28. The van der Waals surface area contributed by atoms with Gasteiger partial charge in [-0.25, -0.2) is 0 Å². The normalized spacial score (nSPS) is 29.6. The van der Waals surface area contributed by atoms with Gasteiger partial charge in [0, 0.05) is 37.3 Å². The number of hydrogen-bond acceptors (Lipinski definition) is 3. The van der Waals surface area contributed by atoms with Crippen molar-refractivity contribution in [3.63, 3.8) is 0 Å². The third kappa shape index (κ3) is 3.43. The van der Waals surface area contributed by atoms with Crippen molar-refractivity contribution in [3.8, 4) is 0 Å². The molecule has 0 radical (unpaired) electrons. The minimum atomic E-state index is -0.136. The van der Waals surface area contributed by atoms with Crippen LogP contribution in [0.1, 0.15) is 41.5 Å². The van der Waals surface area contributed by atoms with Gasteiger partial charge in [-0.15, -0.1) is 0 Å². The summed E-state index contributed by atoms with van der Waals surface area (Å²) < 4.78 is 0. The van der Waals surface area contributed by atoms with Crippen molar-refractivity contribution in [1.29, 1.82) is 0 Å². The second kappa shape index (κ2) is 4.87. The zero-order valence-electron chi connectivity index (χ0n) is 12.7. The molecule has 1 heterocycles. The average molecular weight is 241 g/mol. The molecule has 2 N–H and O–H groups in total. The monoisotopic (exact) mass is 241 g/mol. The van der Waals surface area contributed by atoms with E-state index in [1.807, 2.05) is 0 Å². The second-order valence-corrected chi connectivity index (χ2v) is 7.16. The average Bonchev–Trinajstić information content (AvgIpc) is 2.11. The number of rotatable bonds is 3. The van der Waals surface area contributed by atoms with Gasteiger partial charge < -0.3 is 5.73 Å².